The largest absolute Gasteiger partial charge is 0.390 e. The highest BCUT2D eigenvalue weighted by molar-refractivity contribution is 7.89. The Balaban J connectivity index is 1.79. The summed E-state index contributed by atoms with van der Waals surface area (Å²) in [5.74, 6) is 0. The number of rotatable bonds is 4. The van der Waals surface area contributed by atoms with Gasteiger partial charge in [0.1, 0.15) is 10.6 Å². The third kappa shape index (κ3) is 2.37. The van der Waals surface area contributed by atoms with Crippen molar-refractivity contribution >= 4 is 10.0 Å². The molecule has 0 radical (unpaired) electrons. The van der Waals surface area contributed by atoms with E-state index in [2.05, 4.69) is 15.1 Å². The van der Waals surface area contributed by atoms with Gasteiger partial charge in [0, 0.05) is 32.2 Å². The Bertz CT molecular complexity index is 586. The topological polar surface area (TPSA) is 89.5 Å². The Hall–Kier alpha value is -0.960. The number of aromatic nitrogens is 2. The van der Waals surface area contributed by atoms with Gasteiger partial charge in [-0.05, 0) is 19.8 Å². The molecule has 112 valence electrons. The molecule has 1 aliphatic heterocycles. The molecule has 3 rings (SSSR count). The number of H-pyrrole nitrogens is 1. The van der Waals surface area contributed by atoms with Crippen LogP contribution in [0, 0.1) is 6.92 Å². The molecule has 1 aliphatic carbocycles. The molecule has 1 saturated carbocycles. The maximum absolute atomic E-state index is 12.7. The van der Waals surface area contributed by atoms with E-state index in [0.29, 0.717) is 24.8 Å². The van der Waals surface area contributed by atoms with Crippen LogP contribution in [0.25, 0.3) is 0 Å². The highest BCUT2D eigenvalue weighted by Crippen LogP contribution is 2.29. The lowest BCUT2D eigenvalue weighted by molar-refractivity contribution is 0.180. The average Bonchev–Trinajstić information content (AvgIpc) is 3.21. The zero-order valence-electron chi connectivity index (χ0n) is 11.5. The lowest BCUT2D eigenvalue weighted by Gasteiger charge is -2.34. The molecule has 2 aliphatic rings. The van der Waals surface area contributed by atoms with Gasteiger partial charge in [-0.25, -0.2) is 8.42 Å². The number of hydrogen-bond acceptors (Lipinski definition) is 5. The number of aliphatic hydroxyl groups is 1. The van der Waals surface area contributed by atoms with E-state index in [1.807, 2.05) is 0 Å². The zero-order valence-corrected chi connectivity index (χ0v) is 12.4. The van der Waals surface area contributed by atoms with Crippen LogP contribution < -0.4 is 0 Å². The molecule has 0 aromatic carbocycles. The SMILES string of the molecule is Cc1[nH]nc(CO)c1S(=O)(=O)N1CCN(C2CC2)CC1. The fraction of sp³-hybridized carbons (Fsp3) is 0.750. The Kier molecular flexibility index (Phi) is 3.57. The molecule has 2 N–H and O–H groups in total. The number of aryl methyl sites for hydroxylation is 1. The van der Waals surface area contributed by atoms with Crippen LogP contribution in [0.5, 0.6) is 0 Å². The summed E-state index contributed by atoms with van der Waals surface area (Å²) in [5.41, 5.74) is 0.686. The molecular formula is C12H20N4O3S. The number of nitrogens with one attached hydrogen (secondary N) is 1. The minimum absolute atomic E-state index is 0.139. The highest BCUT2D eigenvalue weighted by Gasteiger charge is 2.36. The lowest BCUT2D eigenvalue weighted by Crippen LogP contribution is -2.49. The van der Waals surface area contributed by atoms with E-state index >= 15 is 0 Å². The number of hydrogen-bond donors (Lipinski definition) is 2. The normalized spacial score (nSPS) is 22.3. The molecule has 0 bridgehead atoms. The Labute approximate surface area is 118 Å². The van der Waals surface area contributed by atoms with E-state index in [1.54, 1.807) is 6.92 Å². The summed E-state index contributed by atoms with van der Waals surface area (Å²) in [6.45, 7) is 3.88. The number of sulfonamides is 1. The van der Waals surface area contributed by atoms with E-state index in [1.165, 1.54) is 17.1 Å². The van der Waals surface area contributed by atoms with Gasteiger partial charge in [-0.15, -0.1) is 0 Å². The molecule has 0 amide bonds. The van der Waals surface area contributed by atoms with Crippen LogP contribution >= 0.6 is 0 Å². The van der Waals surface area contributed by atoms with Crippen molar-refractivity contribution in [2.45, 2.75) is 37.3 Å². The predicted molar refractivity (Wildman–Crippen MR) is 72.6 cm³/mol. The second-order valence-corrected chi connectivity index (χ2v) is 7.33. The van der Waals surface area contributed by atoms with Crippen LogP contribution in [-0.2, 0) is 16.6 Å². The summed E-state index contributed by atoms with van der Waals surface area (Å²) in [6, 6.07) is 0.670. The minimum atomic E-state index is -3.57. The van der Waals surface area contributed by atoms with Gasteiger partial charge in [0.25, 0.3) is 0 Å². The summed E-state index contributed by atoms with van der Waals surface area (Å²) in [6.07, 6.45) is 2.48. The Morgan fingerprint density at radius 2 is 1.95 bits per heavy atom. The summed E-state index contributed by atoms with van der Waals surface area (Å²) < 4.78 is 26.9. The number of aliphatic hydroxyl groups excluding tert-OH is 1. The first kappa shape index (κ1) is 14.0. The zero-order chi connectivity index (χ0) is 14.3. The monoisotopic (exact) mass is 300 g/mol. The van der Waals surface area contributed by atoms with Crippen LogP contribution in [0.4, 0.5) is 0 Å². The fourth-order valence-electron chi connectivity index (χ4n) is 2.80. The fourth-order valence-corrected chi connectivity index (χ4v) is 4.54. The number of aromatic amines is 1. The van der Waals surface area contributed by atoms with E-state index in [9.17, 15) is 13.5 Å². The number of piperazine rings is 1. The van der Waals surface area contributed by atoms with E-state index in [0.717, 1.165) is 13.1 Å². The van der Waals surface area contributed by atoms with Gasteiger partial charge in [0.15, 0.2) is 0 Å². The van der Waals surface area contributed by atoms with Crippen LogP contribution in [-0.4, -0.2) is 65.1 Å². The van der Waals surface area contributed by atoms with E-state index in [4.69, 9.17) is 0 Å². The maximum Gasteiger partial charge on any atom is 0.246 e. The summed E-state index contributed by atoms with van der Waals surface area (Å²) in [7, 11) is -3.57. The smallest absolute Gasteiger partial charge is 0.246 e. The number of nitrogens with zero attached hydrogens (tertiary/aromatic N) is 3. The van der Waals surface area contributed by atoms with Crippen molar-refractivity contribution in [3.8, 4) is 0 Å². The summed E-state index contributed by atoms with van der Waals surface area (Å²) in [4.78, 5) is 2.50. The van der Waals surface area contributed by atoms with Gasteiger partial charge in [-0.1, -0.05) is 0 Å². The van der Waals surface area contributed by atoms with Crippen molar-refractivity contribution in [1.82, 2.24) is 19.4 Å². The van der Waals surface area contributed by atoms with Crippen LogP contribution in [0.2, 0.25) is 0 Å². The summed E-state index contributed by atoms with van der Waals surface area (Å²) in [5, 5.41) is 15.7. The van der Waals surface area contributed by atoms with Crippen molar-refractivity contribution in [2.24, 2.45) is 0 Å². The summed E-state index contributed by atoms with van der Waals surface area (Å²) >= 11 is 0. The molecule has 20 heavy (non-hydrogen) atoms. The van der Waals surface area contributed by atoms with Crippen molar-refractivity contribution in [3.05, 3.63) is 11.4 Å². The first-order valence-electron chi connectivity index (χ1n) is 6.93. The molecule has 0 spiro atoms. The van der Waals surface area contributed by atoms with Gasteiger partial charge < -0.3 is 5.11 Å². The first-order chi connectivity index (χ1) is 9.54. The Morgan fingerprint density at radius 1 is 1.30 bits per heavy atom. The molecule has 7 nitrogen and oxygen atoms in total. The first-order valence-corrected chi connectivity index (χ1v) is 8.37. The second-order valence-electron chi connectivity index (χ2n) is 5.45. The Morgan fingerprint density at radius 3 is 2.50 bits per heavy atom. The van der Waals surface area contributed by atoms with Crippen molar-refractivity contribution in [3.63, 3.8) is 0 Å². The third-order valence-corrected chi connectivity index (χ3v) is 6.15. The lowest BCUT2D eigenvalue weighted by atomic mass is 10.3. The van der Waals surface area contributed by atoms with Crippen LogP contribution in [0.3, 0.4) is 0 Å². The van der Waals surface area contributed by atoms with Gasteiger partial charge in [-0.3, -0.25) is 10.00 Å². The molecular weight excluding hydrogens is 280 g/mol. The standard InChI is InChI=1S/C12H20N4O3S/c1-9-12(11(8-17)14-13-9)20(18,19)16-6-4-15(5-7-16)10-2-3-10/h10,17H,2-8H2,1H3,(H,13,14). The van der Waals surface area contributed by atoms with Gasteiger partial charge in [0.2, 0.25) is 10.0 Å². The van der Waals surface area contributed by atoms with Crippen molar-refractivity contribution in [1.29, 1.82) is 0 Å². The highest BCUT2D eigenvalue weighted by atomic mass is 32.2. The molecule has 0 atom stereocenters. The van der Waals surface area contributed by atoms with E-state index in [-0.39, 0.29) is 17.2 Å². The van der Waals surface area contributed by atoms with Gasteiger partial charge in [-0.2, -0.15) is 9.40 Å². The molecule has 2 fully saturated rings. The van der Waals surface area contributed by atoms with Crippen molar-refractivity contribution in [2.75, 3.05) is 26.2 Å². The third-order valence-electron chi connectivity index (χ3n) is 4.05. The second kappa shape index (κ2) is 5.10. The maximum atomic E-state index is 12.7. The quantitative estimate of drug-likeness (QED) is 0.795. The van der Waals surface area contributed by atoms with E-state index < -0.39 is 10.0 Å². The molecule has 1 saturated heterocycles. The molecule has 8 heteroatoms. The van der Waals surface area contributed by atoms with Gasteiger partial charge in [0.05, 0.1) is 12.3 Å². The molecule has 1 aromatic heterocycles. The molecule has 0 unspecified atom stereocenters. The minimum Gasteiger partial charge on any atom is -0.390 e. The molecule has 1 aromatic rings. The molecule has 2 heterocycles. The van der Waals surface area contributed by atoms with Gasteiger partial charge >= 0.3 is 0 Å². The predicted octanol–water partition coefficient (Wildman–Crippen LogP) is -0.321. The van der Waals surface area contributed by atoms with Crippen LogP contribution in [0.1, 0.15) is 24.2 Å². The average molecular weight is 300 g/mol. The van der Waals surface area contributed by atoms with Crippen LogP contribution in [0.15, 0.2) is 4.90 Å². The van der Waals surface area contributed by atoms with Crippen molar-refractivity contribution < 1.29 is 13.5 Å².